The summed E-state index contributed by atoms with van der Waals surface area (Å²) < 4.78 is 36.8. The van der Waals surface area contributed by atoms with Crippen LogP contribution in [0.15, 0.2) is 30.3 Å². The van der Waals surface area contributed by atoms with Crippen LogP contribution in [0.1, 0.15) is 12.5 Å². The van der Waals surface area contributed by atoms with Crippen LogP contribution in [0.5, 0.6) is 0 Å². The normalized spacial score (nSPS) is 11.2. The maximum Gasteiger partial charge on any atom is 2.00 e. The standard InChI is InChI=1S/C12H11F3O2.2ClH.Ti/c1-8(16)10(11(17)12(13,14)15)7-9-5-3-2-4-6-9;;;/h2-6,10H,7H2,1H3;2*1H;/q;;;+2/p-2. The molecule has 0 heterocycles. The number of hydrogen-bond acceptors (Lipinski definition) is 2. The molecule has 0 saturated carbocycles. The first-order chi connectivity index (χ1) is 7.82. The number of benzene rings is 1. The van der Waals surface area contributed by atoms with Crippen LogP contribution in [0.3, 0.4) is 0 Å². The van der Waals surface area contributed by atoms with E-state index in [1.54, 1.807) is 30.3 Å². The third kappa shape index (κ3) is 7.43. The molecule has 1 aromatic rings. The van der Waals surface area contributed by atoms with Crippen molar-refractivity contribution in [3.8, 4) is 0 Å². The van der Waals surface area contributed by atoms with E-state index in [2.05, 4.69) is 0 Å². The summed E-state index contributed by atoms with van der Waals surface area (Å²) in [5.41, 5.74) is 0.533. The first-order valence-electron chi connectivity index (χ1n) is 4.98. The van der Waals surface area contributed by atoms with Crippen molar-refractivity contribution >= 4 is 11.6 Å². The molecule has 0 saturated heterocycles. The molecule has 0 radical (unpaired) electrons. The second-order valence-electron chi connectivity index (χ2n) is 3.71. The molecular formula is C12H11Cl2F3O2Ti. The van der Waals surface area contributed by atoms with Crippen molar-refractivity contribution in [1.29, 1.82) is 0 Å². The van der Waals surface area contributed by atoms with Crippen LogP contribution in [0.4, 0.5) is 13.2 Å². The predicted octanol–water partition coefficient (Wildman–Crippen LogP) is -3.43. The van der Waals surface area contributed by atoms with Crippen LogP contribution in [0, 0.1) is 5.92 Å². The van der Waals surface area contributed by atoms with Gasteiger partial charge in [0.25, 0.3) is 0 Å². The number of Topliss-reactive ketones (excluding diaryl/α,β-unsaturated/α-hetero) is 2. The molecule has 0 aliphatic carbocycles. The van der Waals surface area contributed by atoms with Crippen molar-refractivity contribution in [3.63, 3.8) is 0 Å². The van der Waals surface area contributed by atoms with Gasteiger partial charge >= 0.3 is 27.9 Å². The van der Waals surface area contributed by atoms with Crippen LogP contribution in [-0.2, 0) is 37.7 Å². The summed E-state index contributed by atoms with van der Waals surface area (Å²) in [6.07, 6.45) is -5.18. The molecule has 0 amide bonds. The predicted molar refractivity (Wildman–Crippen MR) is 55.4 cm³/mol. The van der Waals surface area contributed by atoms with Crippen molar-refractivity contribution < 1.29 is 69.3 Å². The minimum absolute atomic E-state index is 0. The summed E-state index contributed by atoms with van der Waals surface area (Å²) in [6.45, 7) is 0.997. The summed E-state index contributed by atoms with van der Waals surface area (Å²) in [7, 11) is 0. The Labute approximate surface area is 142 Å². The quantitative estimate of drug-likeness (QED) is 0.413. The van der Waals surface area contributed by atoms with E-state index in [-0.39, 0.29) is 53.0 Å². The molecular weight excluding hydrogens is 352 g/mol. The van der Waals surface area contributed by atoms with Gasteiger partial charge in [-0.1, -0.05) is 30.3 Å². The van der Waals surface area contributed by atoms with Gasteiger partial charge in [-0.25, -0.2) is 0 Å². The number of rotatable bonds is 4. The molecule has 0 aliphatic heterocycles. The third-order valence-corrected chi connectivity index (χ3v) is 2.37. The first kappa shape index (κ1) is 24.6. The fraction of sp³-hybridized carbons (Fsp3) is 0.333. The average Bonchev–Trinajstić information content (AvgIpc) is 2.24. The minimum atomic E-state index is -4.97. The van der Waals surface area contributed by atoms with E-state index in [1.165, 1.54) is 0 Å². The summed E-state index contributed by atoms with van der Waals surface area (Å²) >= 11 is 0. The molecule has 20 heavy (non-hydrogen) atoms. The Kier molecular flexibility index (Phi) is 12.8. The fourth-order valence-corrected chi connectivity index (χ4v) is 1.47. The van der Waals surface area contributed by atoms with E-state index < -0.39 is 23.7 Å². The molecule has 1 rings (SSSR count). The van der Waals surface area contributed by atoms with Crippen LogP contribution < -0.4 is 24.8 Å². The molecule has 0 bridgehead atoms. The average molecular weight is 363 g/mol. The molecule has 110 valence electrons. The zero-order valence-electron chi connectivity index (χ0n) is 10.4. The van der Waals surface area contributed by atoms with Gasteiger partial charge in [0.2, 0.25) is 5.78 Å². The van der Waals surface area contributed by atoms with Gasteiger partial charge in [0.15, 0.2) is 0 Å². The van der Waals surface area contributed by atoms with Gasteiger partial charge < -0.3 is 24.8 Å². The zero-order chi connectivity index (χ0) is 13.1. The molecule has 2 nitrogen and oxygen atoms in total. The molecule has 0 N–H and O–H groups in total. The van der Waals surface area contributed by atoms with Crippen molar-refractivity contribution in [1.82, 2.24) is 0 Å². The number of alkyl halides is 3. The summed E-state index contributed by atoms with van der Waals surface area (Å²) in [6, 6.07) is 8.16. The van der Waals surface area contributed by atoms with Crippen molar-refractivity contribution in [2.75, 3.05) is 0 Å². The fourth-order valence-electron chi connectivity index (χ4n) is 1.47. The Morgan fingerprint density at radius 2 is 1.55 bits per heavy atom. The number of ketones is 2. The van der Waals surface area contributed by atoms with Crippen LogP contribution in [-0.4, -0.2) is 17.7 Å². The van der Waals surface area contributed by atoms with Gasteiger partial charge in [-0.2, -0.15) is 13.2 Å². The monoisotopic (exact) mass is 362 g/mol. The molecule has 8 heteroatoms. The molecule has 1 unspecified atom stereocenters. The maximum atomic E-state index is 12.3. The minimum Gasteiger partial charge on any atom is -1.00 e. The Morgan fingerprint density at radius 1 is 1.10 bits per heavy atom. The molecule has 0 spiro atoms. The van der Waals surface area contributed by atoms with Gasteiger partial charge in [0.1, 0.15) is 5.78 Å². The van der Waals surface area contributed by atoms with E-state index in [0.29, 0.717) is 5.56 Å². The Morgan fingerprint density at radius 3 is 1.90 bits per heavy atom. The van der Waals surface area contributed by atoms with Crippen LogP contribution in [0.2, 0.25) is 0 Å². The Bertz CT molecular complexity index is 424. The van der Waals surface area contributed by atoms with Crippen molar-refractivity contribution in [3.05, 3.63) is 35.9 Å². The van der Waals surface area contributed by atoms with Gasteiger partial charge in [-0.05, 0) is 18.9 Å². The van der Waals surface area contributed by atoms with Crippen LogP contribution in [0.25, 0.3) is 0 Å². The SMILES string of the molecule is CC(=O)C(Cc1ccccc1)C(=O)C(F)(F)F.[Cl-].[Cl-].[Ti+2]. The van der Waals surface area contributed by atoms with E-state index >= 15 is 0 Å². The van der Waals surface area contributed by atoms with Gasteiger partial charge in [-0.3, -0.25) is 9.59 Å². The second-order valence-corrected chi connectivity index (χ2v) is 3.71. The molecule has 0 aliphatic rings. The van der Waals surface area contributed by atoms with Gasteiger partial charge in [-0.15, -0.1) is 0 Å². The Hall–Kier alpha value is -0.356. The van der Waals surface area contributed by atoms with E-state index in [0.717, 1.165) is 6.92 Å². The van der Waals surface area contributed by atoms with Crippen LogP contribution >= 0.6 is 0 Å². The Balaban J connectivity index is -0.000000963. The largest absolute Gasteiger partial charge is 2.00 e. The van der Waals surface area contributed by atoms with Gasteiger partial charge in [0.05, 0.1) is 5.92 Å². The number of carbonyl (C=O) groups excluding carboxylic acids is 2. The first-order valence-corrected chi connectivity index (χ1v) is 4.98. The summed E-state index contributed by atoms with van der Waals surface area (Å²) in [5.74, 6) is -4.39. The maximum absolute atomic E-state index is 12.3. The van der Waals surface area contributed by atoms with Crippen molar-refractivity contribution in [2.45, 2.75) is 19.5 Å². The number of hydrogen-bond donors (Lipinski definition) is 0. The van der Waals surface area contributed by atoms with Gasteiger partial charge in [0, 0.05) is 0 Å². The topological polar surface area (TPSA) is 34.1 Å². The molecule has 0 aromatic heterocycles. The third-order valence-electron chi connectivity index (χ3n) is 2.37. The second kappa shape index (κ2) is 10.4. The van der Waals surface area contributed by atoms with Crippen molar-refractivity contribution in [2.24, 2.45) is 5.92 Å². The zero-order valence-corrected chi connectivity index (χ0v) is 13.5. The molecule has 1 aromatic carbocycles. The van der Waals surface area contributed by atoms with E-state index in [1.807, 2.05) is 0 Å². The number of halogens is 5. The molecule has 0 fully saturated rings. The molecule has 1 atom stereocenters. The summed E-state index contributed by atoms with van der Waals surface area (Å²) in [4.78, 5) is 22.2. The van der Waals surface area contributed by atoms with E-state index in [9.17, 15) is 22.8 Å². The summed E-state index contributed by atoms with van der Waals surface area (Å²) in [5, 5.41) is 0. The smallest absolute Gasteiger partial charge is 1.00 e. The number of carbonyl (C=O) groups is 2. The van der Waals surface area contributed by atoms with E-state index in [4.69, 9.17) is 0 Å².